The van der Waals surface area contributed by atoms with Crippen molar-refractivity contribution in [3.05, 3.63) is 29.8 Å². The number of rotatable bonds is 2. The normalized spacial score (nSPS) is 18.2. The van der Waals surface area contributed by atoms with Crippen LogP contribution >= 0.6 is 0 Å². The van der Waals surface area contributed by atoms with Gasteiger partial charge in [-0.15, -0.1) is 0 Å². The van der Waals surface area contributed by atoms with E-state index in [1.165, 1.54) is 5.56 Å². The van der Waals surface area contributed by atoms with Crippen molar-refractivity contribution < 1.29 is 4.79 Å². The number of benzene rings is 1. The zero-order chi connectivity index (χ0) is 13.9. The Hall–Kier alpha value is -1.55. The van der Waals surface area contributed by atoms with Gasteiger partial charge < -0.3 is 15.5 Å². The second kappa shape index (κ2) is 5.61. The highest BCUT2D eigenvalue weighted by atomic mass is 16.2. The molecule has 1 heterocycles. The summed E-state index contributed by atoms with van der Waals surface area (Å²) < 4.78 is 0. The molecule has 4 nitrogen and oxygen atoms in total. The first kappa shape index (κ1) is 13.9. The first-order valence-corrected chi connectivity index (χ1v) is 6.84. The number of amides is 2. The maximum absolute atomic E-state index is 12.1. The van der Waals surface area contributed by atoms with Gasteiger partial charge in [-0.25, -0.2) is 4.79 Å². The van der Waals surface area contributed by atoms with Crippen molar-refractivity contribution in [1.29, 1.82) is 0 Å². The van der Waals surface area contributed by atoms with Crippen LogP contribution in [0.15, 0.2) is 24.3 Å². The Morgan fingerprint density at radius 3 is 2.32 bits per heavy atom. The number of nitrogens with one attached hydrogen (secondary N) is 2. The number of hydrogen-bond acceptors (Lipinski definition) is 2. The van der Waals surface area contributed by atoms with Gasteiger partial charge in [0.05, 0.1) is 0 Å². The van der Waals surface area contributed by atoms with E-state index in [1.807, 2.05) is 43.1 Å². The van der Waals surface area contributed by atoms with Crippen molar-refractivity contribution in [2.45, 2.75) is 32.2 Å². The van der Waals surface area contributed by atoms with Crippen LogP contribution < -0.4 is 10.6 Å². The molecule has 4 heteroatoms. The first-order valence-electron chi connectivity index (χ1n) is 6.84. The van der Waals surface area contributed by atoms with Crippen molar-refractivity contribution >= 4 is 11.7 Å². The summed E-state index contributed by atoms with van der Waals surface area (Å²) in [5.41, 5.74) is 2.22. The number of urea groups is 1. The number of carbonyl (C=O) groups is 1. The summed E-state index contributed by atoms with van der Waals surface area (Å²) >= 11 is 0. The summed E-state index contributed by atoms with van der Waals surface area (Å²) in [5.74, 6) is 0. The van der Waals surface area contributed by atoms with Gasteiger partial charge in [0.15, 0.2) is 0 Å². The highest BCUT2D eigenvalue weighted by molar-refractivity contribution is 5.89. The molecule has 0 atom stereocenters. The second-order valence-corrected chi connectivity index (χ2v) is 5.59. The van der Waals surface area contributed by atoms with Gasteiger partial charge in [-0.1, -0.05) is 17.7 Å². The minimum absolute atomic E-state index is 0.00186. The van der Waals surface area contributed by atoms with E-state index in [0.717, 1.165) is 31.6 Å². The van der Waals surface area contributed by atoms with E-state index in [0.29, 0.717) is 0 Å². The van der Waals surface area contributed by atoms with E-state index in [9.17, 15) is 4.79 Å². The predicted octanol–water partition coefficient (Wildman–Crippen LogP) is 2.60. The molecule has 1 aromatic carbocycles. The van der Waals surface area contributed by atoms with Crippen molar-refractivity contribution in [2.75, 3.05) is 25.5 Å². The molecule has 0 aromatic heterocycles. The van der Waals surface area contributed by atoms with E-state index in [-0.39, 0.29) is 11.6 Å². The fraction of sp³-hybridized carbons (Fsp3) is 0.533. The maximum Gasteiger partial charge on any atom is 0.321 e. The lowest BCUT2D eigenvalue weighted by atomic mass is 9.90. The fourth-order valence-corrected chi connectivity index (χ4v) is 2.29. The molecular formula is C15H23N3O. The average molecular weight is 261 g/mol. The molecule has 2 amide bonds. The third-order valence-corrected chi connectivity index (χ3v) is 4.06. The van der Waals surface area contributed by atoms with E-state index in [1.54, 1.807) is 0 Å². The smallest absolute Gasteiger partial charge is 0.321 e. The van der Waals surface area contributed by atoms with Crippen LogP contribution in [0.4, 0.5) is 10.5 Å². The Bertz CT molecular complexity index is 433. The standard InChI is InChI=1S/C15H23N3O/c1-12-4-6-13(7-5-12)17-14(19)18-10-8-15(2,16-3)9-11-18/h4-7,16H,8-11H2,1-3H3,(H,17,19). The number of carbonyl (C=O) groups excluding carboxylic acids is 1. The lowest BCUT2D eigenvalue weighted by Crippen LogP contribution is -2.52. The SMILES string of the molecule is CNC1(C)CCN(C(=O)Nc2ccc(C)cc2)CC1. The number of piperidine rings is 1. The number of nitrogens with zero attached hydrogens (tertiary/aromatic N) is 1. The van der Waals surface area contributed by atoms with Crippen LogP contribution in [0.5, 0.6) is 0 Å². The minimum atomic E-state index is 0.00186. The van der Waals surface area contributed by atoms with E-state index in [4.69, 9.17) is 0 Å². The number of hydrogen-bond donors (Lipinski definition) is 2. The van der Waals surface area contributed by atoms with Gasteiger partial charge in [-0.2, -0.15) is 0 Å². The van der Waals surface area contributed by atoms with E-state index >= 15 is 0 Å². The monoisotopic (exact) mass is 261 g/mol. The van der Waals surface area contributed by atoms with Crippen LogP contribution in [-0.4, -0.2) is 36.6 Å². The minimum Gasteiger partial charge on any atom is -0.324 e. The zero-order valence-electron chi connectivity index (χ0n) is 12.0. The Labute approximate surface area is 115 Å². The Morgan fingerprint density at radius 2 is 1.79 bits per heavy atom. The molecule has 0 unspecified atom stereocenters. The molecule has 1 aromatic rings. The lowest BCUT2D eigenvalue weighted by Gasteiger charge is -2.39. The molecule has 0 aliphatic carbocycles. The maximum atomic E-state index is 12.1. The van der Waals surface area contributed by atoms with Gasteiger partial charge in [0.2, 0.25) is 0 Å². The van der Waals surface area contributed by atoms with Gasteiger partial charge in [-0.05, 0) is 45.9 Å². The lowest BCUT2D eigenvalue weighted by molar-refractivity contribution is 0.163. The third kappa shape index (κ3) is 3.47. The summed E-state index contributed by atoms with van der Waals surface area (Å²) in [4.78, 5) is 14.0. The molecule has 2 N–H and O–H groups in total. The zero-order valence-corrected chi connectivity index (χ0v) is 12.0. The molecular weight excluding hydrogens is 238 g/mol. The van der Waals surface area contributed by atoms with Crippen molar-refractivity contribution in [3.8, 4) is 0 Å². The van der Waals surface area contributed by atoms with Gasteiger partial charge >= 0.3 is 6.03 Å². The molecule has 0 spiro atoms. The molecule has 1 saturated heterocycles. The molecule has 0 radical (unpaired) electrons. The fourth-order valence-electron chi connectivity index (χ4n) is 2.29. The van der Waals surface area contributed by atoms with Crippen molar-refractivity contribution in [3.63, 3.8) is 0 Å². The van der Waals surface area contributed by atoms with Crippen LogP contribution in [0.1, 0.15) is 25.3 Å². The van der Waals surface area contributed by atoms with Crippen molar-refractivity contribution in [1.82, 2.24) is 10.2 Å². The average Bonchev–Trinajstić information content (AvgIpc) is 2.42. The summed E-state index contributed by atoms with van der Waals surface area (Å²) in [6.45, 7) is 5.85. The van der Waals surface area contributed by atoms with E-state index in [2.05, 4.69) is 17.6 Å². The molecule has 1 aliphatic rings. The number of anilines is 1. The van der Waals surface area contributed by atoms with E-state index < -0.39 is 0 Å². The van der Waals surface area contributed by atoms with Gasteiger partial charge in [0, 0.05) is 24.3 Å². The molecule has 104 valence electrons. The molecule has 0 bridgehead atoms. The van der Waals surface area contributed by atoms with Crippen LogP contribution in [0.2, 0.25) is 0 Å². The van der Waals surface area contributed by atoms with Gasteiger partial charge in [0.1, 0.15) is 0 Å². The summed E-state index contributed by atoms with van der Waals surface area (Å²) in [6.07, 6.45) is 1.98. The largest absolute Gasteiger partial charge is 0.324 e. The first-order chi connectivity index (χ1) is 9.02. The highest BCUT2D eigenvalue weighted by Crippen LogP contribution is 2.21. The summed E-state index contributed by atoms with van der Waals surface area (Å²) in [5, 5.41) is 6.29. The molecule has 1 fully saturated rings. The Balaban J connectivity index is 1.89. The van der Waals surface area contributed by atoms with Crippen LogP contribution in [-0.2, 0) is 0 Å². The number of aryl methyl sites for hydroxylation is 1. The summed E-state index contributed by atoms with van der Waals surface area (Å²) in [7, 11) is 1.99. The third-order valence-electron chi connectivity index (χ3n) is 4.06. The molecule has 1 aliphatic heterocycles. The quantitative estimate of drug-likeness (QED) is 0.859. The Kier molecular flexibility index (Phi) is 4.10. The van der Waals surface area contributed by atoms with Crippen LogP contribution in [0, 0.1) is 6.92 Å². The van der Waals surface area contributed by atoms with Gasteiger partial charge in [0.25, 0.3) is 0 Å². The van der Waals surface area contributed by atoms with Gasteiger partial charge in [-0.3, -0.25) is 0 Å². The second-order valence-electron chi connectivity index (χ2n) is 5.59. The van der Waals surface area contributed by atoms with Crippen molar-refractivity contribution in [2.24, 2.45) is 0 Å². The Morgan fingerprint density at radius 1 is 1.21 bits per heavy atom. The summed E-state index contributed by atoms with van der Waals surface area (Å²) in [6, 6.07) is 7.89. The molecule has 2 rings (SSSR count). The van der Waals surface area contributed by atoms with Crippen LogP contribution in [0.3, 0.4) is 0 Å². The highest BCUT2D eigenvalue weighted by Gasteiger charge is 2.30. The van der Waals surface area contributed by atoms with Crippen LogP contribution in [0.25, 0.3) is 0 Å². The molecule has 0 saturated carbocycles. The predicted molar refractivity (Wildman–Crippen MR) is 78.5 cm³/mol. The molecule has 19 heavy (non-hydrogen) atoms. The topological polar surface area (TPSA) is 44.4 Å². The number of likely N-dealkylation sites (tertiary alicyclic amines) is 1.